The smallest absolute Gasteiger partial charge is 0.331 e. The van der Waals surface area contributed by atoms with Crippen LogP contribution in [0.3, 0.4) is 0 Å². The molecule has 0 aromatic heterocycles. The Hall–Kier alpha value is -1.69. The lowest BCUT2D eigenvalue weighted by molar-refractivity contribution is -0.144. The van der Waals surface area contributed by atoms with Crippen molar-refractivity contribution in [2.45, 2.75) is 32.7 Å². The number of carboxylic acid groups (broad SMARTS) is 1. The molecule has 1 aliphatic rings. The molecule has 0 aromatic rings. The average Bonchev–Trinajstić information content (AvgIpc) is 2.25. The minimum Gasteiger partial charge on any atom is -0.478 e. The zero-order valence-corrected chi connectivity index (χ0v) is 10.8. The molecule has 0 atom stereocenters. The summed E-state index contributed by atoms with van der Waals surface area (Å²) < 4.78 is 0. The summed E-state index contributed by atoms with van der Waals surface area (Å²) >= 11 is 0. The number of aliphatic carboxylic acids is 1. The summed E-state index contributed by atoms with van der Waals surface area (Å²) in [4.78, 5) is 35.5. The molecule has 0 unspecified atom stereocenters. The monoisotopic (exact) mass is 254 g/mol. The van der Waals surface area contributed by atoms with Crippen molar-refractivity contribution >= 4 is 17.8 Å². The Kier molecular flexibility index (Phi) is 4.24. The molecule has 100 valence electrons. The molecule has 1 heterocycles. The summed E-state index contributed by atoms with van der Waals surface area (Å²) in [5.74, 6) is -1.69. The first kappa shape index (κ1) is 14.4. The zero-order chi connectivity index (χ0) is 13.9. The van der Waals surface area contributed by atoms with Gasteiger partial charge in [-0.05, 0) is 20.3 Å². The lowest BCUT2D eigenvalue weighted by Gasteiger charge is -2.39. The van der Waals surface area contributed by atoms with Crippen LogP contribution in [0.4, 0.5) is 0 Å². The number of piperazine rings is 1. The Morgan fingerprint density at radius 3 is 2.61 bits per heavy atom. The molecule has 18 heavy (non-hydrogen) atoms. The predicted molar refractivity (Wildman–Crippen MR) is 64.8 cm³/mol. The molecule has 0 aromatic carbocycles. The Morgan fingerprint density at radius 2 is 2.11 bits per heavy atom. The number of carbonyl (C=O) groups excluding carboxylic acids is 2. The van der Waals surface area contributed by atoms with Crippen molar-refractivity contribution in [3.05, 3.63) is 11.6 Å². The number of hydrogen-bond donors (Lipinski definition) is 2. The van der Waals surface area contributed by atoms with Crippen molar-refractivity contribution in [1.82, 2.24) is 10.2 Å². The number of amides is 2. The van der Waals surface area contributed by atoms with Gasteiger partial charge in [-0.15, -0.1) is 0 Å². The lowest BCUT2D eigenvalue weighted by Crippen LogP contribution is -2.63. The van der Waals surface area contributed by atoms with E-state index in [1.807, 2.05) is 0 Å². The fraction of sp³-hybridized carbons (Fsp3) is 0.583. The molecule has 1 rings (SSSR count). The van der Waals surface area contributed by atoms with Gasteiger partial charge in [-0.2, -0.15) is 0 Å². The van der Waals surface area contributed by atoms with Gasteiger partial charge in [0.2, 0.25) is 11.8 Å². The van der Waals surface area contributed by atoms with Gasteiger partial charge in [-0.1, -0.05) is 13.0 Å². The van der Waals surface area contributed by atoms with E-state index in [1.165, 1.54) is 0 Å². The SMILES string of the molecule is CCC(=CCN1CC(=O)NC(=O)C1(C)C)C(=O)O. The maximum atomic E-state index is 11.7. The number of hydrogen-bond acceptors (Lipinski definition) is 4. The third-order valence-corrected chi connectivity index (χ3v) is 3.15. The third kappa shape index (κ3) is 2.95. The summed E-state index contributed by atoms with van der Waals surface area (Å²) in [6, 6.07) is 0. The van der Waals surface area contributed by atoms with E-state index in [1.54, 1.807) is 31.7 Å². The van der Waals surface area contributed by atoms with Crippen molar-refractivity contribution in [1.29, 1.82) is 0 Å². The van der Waals surface area contributed by atoms with Crippen LogP contribution < -0.4 is 5.32 Å². The molecule has 0 bridgehead atoms. The highest BCUT2D eigenvalue weighted by Crippen LogP contribution is 2.18. The third-order valence-electron chi connectivity index (χ3n) is 3.15. The van der Waals surface area contributed by atoms with Crippen LogP contribution in [0, 0.1) is 0 Å². The number of nitrogens with zero attached hydrogens (tertiary/aromatic N) is 1. The van der Waals surface area contributed by atoms with E-state index < -0.39 is 11.5 Å². The normalized spacial score (nSPS) is 20.7. The van der Waals surface area contributed by atoms with E-state index in [4.69, 9.17) is 5.11 Å². The number of carbonyl (C=O) groups is 3. The summed E-state index contributed by atoms with van der Waals surface area (Å²) in [5, 5.41) is 11.2. The van der Waals surface area contributed by atoms with Crippen molar-refractivity contribution in [2.75, 3.05) is 13.1 Å². The minimum absolute atomic E-state index is 0.0891. The largest absolute Gasteiger partial charge is 0.478 e. The minimum atomic E-state index is -0.969. The zero-order valence-electron chi connectivity index (χ0n) is 10.8. The summed E-state index contributed by atoms with van der Waals surface area (Å²) in [6.45, 7) is 5.51. The first-order valence-corrected chi connectivity index (χ1v) is 5.80. The molecule has 2 amide bonds. The fourth-order valence-electron chi connectivity index (χ4n) is 1.73. The van der Waals surface area contributed by atoms with E-state index in [2.05, 4.69) is 5.32 Å². The highest BCUT2D eigenvalue weighted by Gasteiger charge is 2.40. The van der Waals surface area contributed by atoms with Gasteiger partial charge in [-0.3, -0.25) is 19.8 Å². The van der Waals surface area contributed by atoms with Crippen LogP contribution >= 0.6 is 0 Å². The summed E-state index contributed by atoms with van der Waals surface area (Å²) in [7, 11) is 0. The van der Waals surface area contributed by atoms with E-state index >= 15 is 0 Å². The Morgan fingerprint density at radius 1 is 1.50 bits per heavy atom. The molecule has 1 aliphatic heterocycles. The number of carboxylic acids is 1. The van der Waals surface area contributed by atoms with Gasteiger partial charge >= 0.3 is 5.97 Å². The second-order valence-electron chi connectivity index (χ2n) is 4.70. The van der Waals surface area contributed by atoms with Crippen LogP contribution in [0.1, 0.15) is 27.2 Å². The van der Waals surface area contributed by atoms with E-state index in [0.29, 0.717) is 6.42 Å². The number of rotatable bonds is 4. The second kappa shape index (κ2) is 5.30. The van der Waals surface area contributed by atoms with Gasteiger partial charge in [-0.25, -0.2) is 4.79 Å². The molecule has 0 radical (unpaired) electrons. The predicted octanol–water partition coefficient (Wildman–Crippen LogP) is 0.144. The van der Waals surface area contributed by atoms with Crippen LogP contribution in [0.5, 0.6) is 0 Å². The van der Waals surface area contributed by atoms with Crippen LogP contribution in [-0.2, 0) is 14.4 Å². The molecule has 1 saturated heterocycles. The van der Waals surface area contributed by atoms with Crippen LogP contribution in [0.15, 0.2) is 11.6 Å². The maximum Gasteiger partial charge on any atom is 0.331 e. The standard InChI is InChI=1S/C12H18N2O4/c1-4-8(10(16)17)5-6-14-7-9(15)13-11(18)12(14,2)3/h5H,4,6-7H2,1-3H3,(H,16,17)(H,13,15,18). The van der Waals surface area contributed by atoms with Gasteiger partial charge in [0.25, 0.3) is 0 Å². The Bertz CT molecular complexity index is 412. The second-order valence-corrected chi connectivity index (χ2v) is 4.70. The van der Waals surface area contributed by atoms with Crippen LogP contribution in [0.2, 0.25) is 0 Å². The van der Waals surface area contributed by atoms with Crippen LogP contribution in [-0.4, -0.2) is 46.4 Å². The van der Waals surface area contributed by atoms with Crippen molar-refractivity contribution in [3.63, 3.8) is 0 Å². The van der Waals surface area contributed by atoms with Gasteiger partial charge in [0.05, 0.1) is 12.1 Å². The first-order valence-electron chi connectivity index (χ1n) is 5.80. The van der Waals surface area contributed by atoms with Crippen LogP contribution in [0.25, 0.3) is 0 Å². The molecule has 6 nitrogen and oxygen atoms in total. The number of nitrogens with one attached hydrogen (secondary N) is 1. The first-order chi connectivity index (χ1) is 8.28. The molecule has 0 spiro atoms. The number of imide groups is 1. The van der Waals surface area contributed by atoms with Crippen molar-refractivity contribution < 1.29 is 19.5 Å². The molecule has 1 fully saturated rings. The maximum absolute atomic E-state index is 11.7. The summed E-state index contributed by atoms with van der Waals surface area (Å²) in [6.07, 6.45) is 1.96. The molecule has 0 saturated carbocycles. The topological polar surface area (TPSA) is 86.7 Å². The Balaban J connectivity index is 2.84. The van der Waals surface area contributed by atoms with E-state index in [9.17, 15) is 14.4 Å². The highest BCUT2D eigenvalue weighted by molar-refractivity contribution is 6.03. The van der Waals surface area contributed by atoms with Gasteiger partial charge in [0.1, 0.15) is 0 Å². The lowest BCUT2D eigenvalue weighted by atomic mass is 9.98. The fourth-order valence-corrected chi connectivity index (χ4v) is 1.73. The molecular weight excluding hydrogens is 236 g/mol. The van der Waals surface area contributed by atoms with Crippen molar-refractivity contribution in [2.24, 2.45) is 0 Å². The Labute approximate surface area is 106 Å². The van der Waals surface area contributed by atoms with Gasteiger partial charge in [0, 0.05) is 12.1 Å². The van der Waals surface area contributed by atoms with E-state index in [0.717, 1.165) is 0 Å². The van der Waals surface area contributed by atoms with Crippen molar-refractivity contribution in [3.8, 4) is 0 Å². The summed E-state index contributed by atoms with van der Waals surface area (Å²) in [5.41, 5.74) is -0.536. The van der Waals surface area contributed by atoms with Gasteiger partial charge < -0.3 is 5.11 Å². The molecular formula is C12H18N2O4. The molecule has 0 aliphatic carbocycles. The van der Waals surface area contributed by atoms with E-state index in [-0.39, 0.29) is 30.5 Å². The quantitative estimate of drug-likeness (QED) is 0.550. The molecule has 6 heteroatoms. The molecule has 2 N–H and O–H groups in total. The highest BCUT2D eigenvalue weighted by atomic mass is 16.4. The van der Waals surface area contributed by atoms with Gasteiger partial charge in [0.15, 0.2) is 0 Å². The average molecular weight is 254 g/mol.